The number of nitrogens with two attached hydrogens (primary N) is 1. The molecule has 2 aromatic rings. The smallest absolute Gasteiger partial charge is 0.114 e. The molecule has 0 aliphatic heterocycles. The first-order valence-electron chi connectivity index (χ1n) is 4.33. The summed E-state index contributed by atoms with van der Waals surface area (Å²) in [4.78, 5) is 8.58. The highest BCUT2D eigenvalue weighted by Crippen LogP contribution is 2.29. The summed E-state index contributed by atoms with van der Waals surface area (Å²) in [6.07, 6.45) is 1.81. The Hall–Kier alpha value is -1.42. The van der Waals surface area contributed by atoms with Gasteiger partial charge in [0.25, 0.3) is 0 Å². The summed E-state index contributed by atoms with van der Waals surface area (Å²) in [7, 11) is 0. The van der Waals surface area contributed by atoms with E-state index in [1.54, 1.807) is 6.20 Å². The highest BCUT2D eigenvalue weighted by molar-refractivity contribution is 7.16. The average molecular weight is 205 g/mol. The van der Waals surface area contributed by atoms with Crippen LogP contribution in [0.5, 0.6) is 0 Å². The summed E-state index contributed by atoms with van der Waals surface area (Å²) in [6.45, 7) is 3.91. The maximum absolute atomic E-state index is 5.84. The summed E-state index contributed by atoms with van der Waals surface area (Å²) >= 11 is 1.51. The van der Waals surface area contributed by atoms with Gasteiger partial charge in [0.15, 0.2) is 0 Å². The van der Waals surface area contributed by atoms with Crippen molar-refractivity contribution in [2.75, 3.05) is 5.73 Å². The summed E-state index contributed by atoms with van der Waals surface area (Å²) in [5.41, 5.74) is 8.67. The van der Waals surface area contributed by atoms with Gasteiger partial charge in [-0.1, -0.05) is 0 Å². The quantitative estimate of drug-likeness (QED) is 0.777. The fourth-order valence-corrected chi connectivity index (χ4v) is 1.97. The van der Waals surface area contributed by atoms with Crippen LogP contribution in [0.15, 0.2) is 18.3 Å². The van der Waals surface area contributed by atoms with Crippen LogP contribution in [0.4, 0.5) is 5.00 Å². The molecular formula is C10H11N3S. The van der Waals surface area contributed by atoms with E-state index in [-0.39, 0.29) is 0 Å². The van der Waals surface area contributed by atoms with Crippen LogP contribution in [0.2, 0.25) is 0 Å². The number of nitrogens with zero attached hydrogens (tertiary/aromatic N) is 2. The molecular weight excluding hydrogens is 194 g/mol. The van der Waals surface area contributed by atoms with E-state index >= 15 is 0 Å². The molecule has 0 aromatic carbocycles. The first kappa shape index (κ1) is 9.15. The zero-order valence-electron chi connectivity index (χ0n) is 8.11. The lowest BCUT2D eigenvalue weighted by Crippen LogP contribution is -1.87. The Balaban J connectivity index is 2.49. The van der Waals surface area contributed by atoms with Crippen molar-refractivity contribution in [1.29, 1.82) is 0 Å². The van der Waals surface area contributed by atoms with Gasteiger partial charge in [-0.2, -0.15) is 0 Å². The molecule has 3 nitrogen and oxygen atoms in total. The van der Waals surface area contributed by atoms with E-state index in [4.69, 9.17) is 5.73 Å². The van der Waals surface area contributed by atoms with E-state index < -0.39 is 0 Å². The van der Waals surface area contributed by atoms with E-state index in [0.29, 0.717) is 0 Å². The Kier molecular flexibility index (Phi) is 2.21. The van der Waals surface area contributed by atoms with Gasteiger partial charge < -0.3 is 5.73 Å². The van der Waals surface area contributed by atoms with Crippen LogP contribution in [0.1, 0.15) is 10.7 Å². The zero-order chi connectivity index (χ0) is 10.1. The van der Waals surface area contributed by atoms with Crippen LogP contribution < -0.4 is 5.73 Å². The number of pyridine rings is 1. The molecule has 0 spiro atoms. The molecule has 4 heteroatoms. The summed E-state index contributed by atoms with van der Waals surface area (Å²) in [6, 6.07) is 3.96. The van der Waals surface area contributed by atoms with Gasteiger partial charge in [0.1, 0.15) is 10.7 Å². The third-order valence-electron chi connectivity index (χ3n) is 1.95. The minimum atomic E-state index is 0.758. The monoisotopic (exact) mass is 205 g/mol. The first-order chi connectivity index (χ1) is 6.66. The lowest BCUT2D eigenvalue weighted by molar-refractivity contribution is 1.19. The maximum atomic E-state index is 5.84. The lowest BCUT2D eigenvalue weighted by Gasteiger charge is -1.97. The largest absolute Gasteiger partial charge is 0.389 e. The average Bonchev–Trinajstić information content (AvgIpc) is 2.47. The molecule has 0 bridgehead atoms. The Bertz CT molecular complexity index is 445. The molecule has 2 rings (SSSR count). The van der Waals surface area contributed by atoms with E-state index in [9.17, 15) is 0 Å². The Morgan fingerprint density at radius 3 is 2.57 bits per heavy atom. The summed E-state index contributed by atoms with van der Waals surface area (Å²) < 4.78 is 0. The normalized spacial score (nSPS) is 10.4. The minimum absolute atomic E-state index is 0.758. The van der Waals surface area contributed by atoms with Gasteiger partial charge in [0.05, 0.1) is 5.01 Å². The van der Waals surface area contributed by atoms with Crippen molar-refractivity contribution in [2.45, 2.75) is 13.8 Å². The number of anilines is 1. The highest BCUT2D eigenvalue weighted by atomic mass is 32.1. The van der Waals surface area contributed by atoms with E-state index in [2.05, 4.69) is 9.97 Å². The van der Waals surface area contributed by atoms with E-state index in [0.717, 1.165) is 27.0 Å². The molecule has 0 amide bonds. The summed E-state index contributed by atoms with van der Waals surface area (Å²) in [5.74, 6) is 0. The number of aryl methyl sites for hydroxylation is 2. The minimum Gasteiger partial charge on any atom is -0.389 e. The third kappa shape index (κ3) is 1.61. The van der Waals surface area contributed by atoms with Crippen LogP contribution in [0, 0.1) is 13.8 Å². The predicted molar refractivity (Wildman–Crippen MR) is 59.2 cm³/mol. The van der Waals surface area contributed by atoms with Gasteiger partial charge in [-0.3, -0.25) is 4.98 Å². The second-order valence-corrected chi connectivity index (χ2v) is 4.37. The van der Waals surface area contributed by atoms with Gasteiger partial charge >= 0.3 is 0 Å². The fourth-order valence-electron chi connectivity index (χ4n) is 1.26. The summed E-state index contributed by atoms with van der Waals surface area (Å²) in [5, 5.41) is 1.74. The first-order valence-corrected chi connectivity index (χ1v) is 5.14. The number of aromatic nitrogens is 2. The van der Waals surface area contributed by atoms with E-state index in [1.165, 1.54) is 11.3 Å². The number of nitrogen functional groups attached to an aromatic ring is 1. The van der Waals surface area contributed by atoms with Crippen LogP contribution in [-0.2, 0) is 0 Å². The number of rotatable bonds is 1. The van der Waals surface area contributed by atoms with Gasteiger partial charge in [-0.25, -0.2) is 4.98 Å². The maximum Gasteiger partial charge on any atom is 0.114 e. The lowest BCUT2D eigenvalue weighted by atomic mass is 10.2. The molecule has 0 aliphatic rings. The van der Waals surface area contributed by atoms with Crippen molar-refractivity contribution < 1.29 is 0 Å². The topological polar surface area (TPSA) is 51.8 Å². The molecule has 0 radical (unpaired) electrons. The molecule has 0 aliphatic carbocycles. The SMILES string of the molecule is Cc1ccc(-c2nc(C)sc2N)cn1. The van der Waals surface area contributed by atoms with Gasteiger partial charge in [-0.05, 0) is 26.0 Å². The van der Waals surface area contributed by atoms with Gasteiger partial charge in [0, 0.05) is 17.5 Å². The predicted octanol–water partition coefficient (Wildman–Crippen LogP) is 2.40. The van der Waals surface area contributed by atoms with Crippen molar-refractivity contribution in [3.63, 3.8) is 0 Å². The standard InChI is InChI=1S/C10H11N3S/c1-6-3-4-8(5-12-6)9-10(11)14-7(2)13-9/h3-5H,11H2,1-2H3. The Morgan fingerprint density at radius 1 is 1.29 bits per heavy atom. The van der Waals surface area contributed by atoms with Crippen LogP contribution in [-0.4, -0.2) is 9.97 Å². The molecule has 2 N–H and O–H groups in total. The number of hydrogen-bond donors (Lipinski definition) is 1. The molecule has 72 valence electrons. The molecule has 2 heterocycles. The molecule has 0 saturated carbocycles. The number of hydrogen-bond acceptors (Lipinski definition) is 4. The molecule has 2 aromatic heterocycles. The second-order valence-electron chi connectivity index (χ2n) is 3.13. The fraction of sp³-hybridized carbons (Fsp3) is 0.200. The van der Waals surface area contributed by atoms with Crippen LogP contribution >= 0.6 is 11.3 Å². The zero-order valence-corrected chi connectivity index (χ0v) is 8.93. The van der Waals surface area contributed by atoms with E-state index in [1.807, 2.05) is 26.0 Å². The van der Waals surface area contributed by atoms with Crippen molar-refractivity contribution >= 4 is 16.3 Å². The molecule has 14 heavy (non-hydrogen) atoms. The van der Waals surface area contributed by atoms with Crippen molar-refractivity contribution in [2.24, 2.45) is 0 Å². The molecule has 0 saturated heterocycles. The van der Waals surface area contributed by atoms with Gasteiger partial charge in [-0.15, -0.1) is 11.3 Å². The Labute approximate surface area is 86.6 Å². The van der Waals surface area contributed by atoms with Crippen LogP contribution in [0.25, 0.3) is 11.3 Å². The Morgan fingerprint density at radius 2 is 2.07 bits per heavy atom. The van der Waals surface area contributed by atoms with Gasteiger partial charge in [0.2, 0.25) is 0 Å². The number of thiazole rings is 1. The highest BCUT2D eigenvalue weighted by Gasteiger charge is 2.07. The van der Waals surface area contributed by atoms with Crippen molar-refractivity contribution in [1.82, 2.24) is 9.97 Å². The second kappa shape index (κ2) is 3.38. The molecule has 0 fully saturated rings. The van der Waals surface area contributed by atoms with Crippen molar-refractivity contribution in [3.8, 4) is 11.3 Å². The van der Waals surface area contributed by atoms with Crippen LogP contribution in [0.3, 0.4) is 0 Å². The molecule has 0 unspecified atom stereocenters. The third-order valence-corrected chi connectivity index (χ3v) is 2.75. The van der Waals surface area contributed by atoms with Crippen molar-refractivity contribution in [3.05, 3.63) is 29.0 Å². The molecule has 0 atom stereocenters.